The van der Waals surface area contributed by atoms with E-state index in [0.29, 0.717) is 5.92 Å². The van der Waals surface area contributed by atoms with Gasteiger partial charge in [0.15, 0.2) is 0 Å². The largest absolute Gasteiger partial charge is 0.492 e. The van der Waals surface area contributed by atoms with Crippen molar-refractivity contribution in [2.24, 2.45) is 7.05 Å². The summed E-state index contributed by atoms with van der Waals surface area (Å²) in [6, 6.07) is 0. The van der Waals surface area contributed by atoms with Crippen LogP contribution in [0.25, 0.3) is 0 Å². The molecule has 0 aromatic carbocycles. The van der Waals surface area contributed by atoms with Gasteiger partial charge in [-0.1, -0.05) is 32.1 Å². The predicted octanol–water partition coefficient (Wildman–Crippen LogP) is 2.95. The van der Waals surface area contributed by atoms with Gasteiger partial charge in [0.05, 0.1) is 6.20 Å². The lowest BCUT2D eigenvalue weighted by molar-refractivity contribution is 0.428. The molecule has 0 aliphatic heterocycles. The van der Waals surface area contributed by atoms with Crippen molar-refractivity contribution in [3.05, 3.63) is 12.0 Å². The molecule has 1 fully saturated rings. The molecule has 1 heterocycles. The first-order valence-electron chi connectivity index (χ1n) is 5.99. The van der Waals surface area contributed by atoms with Crippen molar-refractivity contribution in [1.82, 2.24) is 9.55 Å². The summed E-state index contributed by atoms with van der Waals surface area (Å²) in [5.74, 6) is 1.78. The maximum absolute atomic E-state index is 9.36. The Balaban J connectivity index is 2.09. The van der Waals surface area contributed by atoms with E-state index in [1.165, 1.54) is 44.9 Å². The van der Waals surface area contributed by atoms with Gasteiger partial charge in [0.2, 0.25) is 5.88 Å². The fourth-order valence-corrected chi connectivity index (χ4v) is 2.56. The lowest BCUT2D eigenvalue weighted by atomic mass is 9.90. The van der Waals surface area contributed by atoms with E-state index < -0.39 is 0 Å². The highest BCUT2D eigenvalue weighted by atomic mass is 16.3. The molecule has 0 bridgehead atoms. The maximum atomic E-state index is 9.36. The number of aromatic nitrogens is 2. The van der Waals surface area contributed by atoms with Crippen molar-refractivity contribution >= 4 is 0 Å². The zero-order valence-electron chi connectivity index (χ0n) is 9.45. The first-order valence-corrected chi connectivity index (χ1v) is 5.99. The van der Waals surface area contributed by atoms with Crippen LogP contribution in [0.4, 0.5) is 0 Å². The fourth-order valence-electron chi connectivity index (χ4n) is 2.56. The Kier molecular flexibility index (Phi) is 3.29. The number of aryl methyl sites for hydroxylation is 1. The van der Waals surface area contributed by atoms with Crippen molar-refractivity contribution in [2.75, 3.05) is 0 Å². The maximum Gasteiger partial charge on any atom is 0.229 e. The highest BCUT2D eigenvalue weighted by Crippen LogP contribution is 2.30. The molecule has 15 heavy (non-hydrogen) atoms. The minimum atomic E-state index is 0.162. The minimum Gasteiger partial charge on any atom is -0.492 e. The van der Waals surface area contributed by atoms with E-state index in [4.69, 9.17) is 0 Å². The number of hydrogen-bond donors (Lipinski definition) is 1. The molecule has 3 heteroatoms. The third-order valence-corrected chi connectivity index (χ3v) is 3.37. The van der Waals surface area contributed by atoms with Crippen molar-refractivity contribution in [2.45, 2.75) is 50.9 Å². The zero-order valence-corrected chi connectivity index (χ0v) is 9.45. The van der Waals surface area contributed by atoms with E-state index >= 15 is 0 Å². The summed E-state index contributed by atoms with van der Waals surface area (Å²) in [6.07, 6.45) is 10.9. The van der Waals surface area contributed by atoms with E-state index in [1.807, 2.05) is 11.6 Å². The normalized spacial score (nSPS) is 19.8. The van der Waals surface area contributed by atoms with Gasteiger partial charge in [0.1, 0.15) is 5.82 Å². The lowest BCUT2D eigenvalue weighted by Gasteiger charge is -2.18. The van der Waals surface area contributed by atoms with E-state index in [0.717, 1.165) is 5.82 Å². The summed E-state index contributed by atoms with van der Waals surface area (Å²) in [4.78, 5) is 4.22. The van der Waals surface area contributed by atoms with Gasteiger partial charge < -0.3 is 9.67 Å². The van der Waals surface area contributed by atoms with Crippen LogP contribution in [0.2, 0.25) is 0 Å². The number of hydrogen-bond acceptors (Lipinski definition) is 2. The van der Waals surface area contributed by atoms with Gasteiger partial charge in [-0.2, -0.15) is 4.98 Å². The molecule has 0 radical (unpaired) electrons. The van der Waals surface area contributed by atoms with Crippen LogP contribution in [0.3, 0.4) is 0 Å². The fraction of sp³-hybridized carbons (Fsp3) is 0.750. The Morgan fingerprint density at radius 2 is 1.80 bits per heavy atom. The minimum absolute atomic E-state index is 0.162. The molecule has 1 aromatic heterocycles. The first-order chi connectivity index (χ1) is 7.27. The monoisotopic (exact) mass is 208 g/mol. The van der Waals surface area contributed by atoms with Gasteiger partial charge in [-0.3, -0.25) is 0 Å². The van der Waals surface area contributed by atoms with Crippen LogP contribution in [0, 0.1) is 0 Å². The average Bonchev–Trinajstić information content (AvgIpc) is 2.45. The molecule has 0 saturated heterocycles. The summed E-state index contributed by atoms with van der Waals surface area (Å²) >= 11 is 0. The molecule has 1 aliphatic rings. The summed E-state index contributed by atoms with van der Waals surface area (Å²) in [7, 11) is 1.97. The van der Waals surface area contributed by atoms with Crippen LogP contribution in [-0.2, 0) is 7.05 Å². The standard InChI is InChI=1S/C12H20N2O/c1-14-9-11(15)13-12(14)10-7-5-3-2-4-6-8-10/h9-10,15H,2-8H2,1H3. The van der Waals surface area contributed by atoms with Crippen molar-refractivity contribution in [1.29, 1.82) is 0 Å². The van der Waals surface area contributed by atoms with E-state index in [-0.39, 0.29) is 5.88 Å². The molecule has 3 nitrogen and oxygen atoms in total. The molecule has 2 rings (SSSR count). The summed E-state index contributed by atoms with van der Waals surface area (Å²) in [5.41, 5.74) is 0. The van der Waals surface area contributed by atoms with E-state index in [1.54, 1.807) is 6.20 Å². The molecule has 1 N–H and O–H groups in total. The Morgan fingerprint density at radius 1 is 1.20 bits per heavy atom. The molecular weight excluding hydrogens is 188 g/mol. The highest BCUT2D eigenvalue weighted by molar-refractivity contribution is 5.11. The summed E-state index contributed by atoms with van der Waals surface area (Å²) < 4.78 is 1.97. The molecule has 0 atom stereocenters. The number of aromatic hydroxyl groups is 1. The Morgan fingerprint density at radius 3 is 2.33 bits per heavy atom. The molecule has 84 valence electrons. The van der Waals surface area contributed by atoms with Crippen LogP contribution in [-0.4, -0.2) is 14.7 Å². The second kappa shape index (κ2) is 4.69. The molecule has 0 amide bonds. The second-order valence-electron chi connectivity index (χ2n) is 4.61. The van der Waals surface area contributed by atoms with Gasteiger partial charge in [0.25, 0.3) is 0 Å². The molecule has 1 aliphatic carbocycles. The summed E-state index contributed by atoms with van der Waals surface area (Å²) in [6.45, 7) is 0. The van der Waals surface area contributed by atoms with Crippen LogP contribution in [0.1, 0.15) is 56.7 Å². The average molecular weight is 208 g/mol. The number of imidazole rings is 1. The lowest BCUT2D eigenvalue weighted by Crippen LogP contribution is -2.08. The zero-order chi connectivity index (χ0) is 10.7. The van der Waals surface area contributed by atoms with Gasteiger partial charge in [-0.15, -0.1) is 0 Å². The van der Waals surface area contributed by atoms with Crippen LogP contribution in [0.5, 0.6) is 5.88 Å². The predicted molar refractivity (Wildman–Crippen MR) is 59.9 cm³/mol. The molecule has 0 unspecified atom stereocenters. The topological polar surface area (TPSA) is 38.0 Å². The number of nitrogens with zero attached hydrogens (tertiary/aromatic N) is 2. The summed E-state index contributed by atoms with van der Waals surface area (Å²) in [5, 5.41) is 9.36. The third kappa shape index (κ3) is 2.52. The molecule has 0 spiro atoms. The SMILES string of the molecule is Cn1cc(O)nc1C1CCCCCCC1. The molecule has 1 saturated carbocycles. The molecular formula is C12H20N2O. The van der Waals surface area contributed by atoms with Crippen LogP contribution in [0.15, 0.2) is 6.20 Å². The van der Waals surface area contributed by atoms with Gasteiger partial charge in [-0.25, -0.2) is 0 Å². The highest BCUT2D eigenvalue weighted by Gasteiger charge is 2.18. The van der Waals surface area contributed by atoms with Gasteiger partial charge >= 0.3 is 0 Å². The van der Waals surface area contributed by atoms with Crippen molar-refractivity contribution < 1.29 is 5.11 Å². The van der Waals surface area contributed by atoms with Crippen molar-refractivity contribution in [3.63, 3.8) is 0 Å². The molecule has 1 aromatic rings. The Labute approximate surface area is 91.1 Å². The Hall–Kier alpha value is -0.990. The van der Waals surface area contributed by atoms with E-state index in [9.17, 15) is 5.11 Å². The van der Waals surface area contributed by atoms with Crippen LogP contribution < -0.4 is 0 Å². The number of rotatable bonds is 1. The Bertz CT molecular complexity index is 311. The van der Waals surface area contributed by atoms with Gasteiger partial charge in [-0.05, 0) is 12.8 Å². The first kappa shape index (κ1) is 10.5. The van der Waals surface area contributed by atoms with E-state index in [2.05, 4.69) is 4.98 Å². The quantitative estimate of drug-likeness (QED) is 0.770. The van der Waals surface area contributed by atoms with Gasteiger partial charge in [0, 0.05) is 13.0 Å². The van der Waals surface area contributed by atoms with Crippen molar-refractivity contribution in [3.8, 4) is 5.88 Å². The smallest absolute Gasteiger partial charge is 0.229 e. The second-order valence-corrected chi connectivity index (χ2v) is 4.61. The van der Waals surface area contributed by atoms with Crippen LogP contribution >= 0.6 is 0 Å². The third-order valence-electron chi connectivity index (χ3n) is 3.37.